The number of hydrogen-bond donors (Lipinski definition) is 3. The number of rotatable bonds is 3. The van der Waals surface area contributed by atoms with Gasteiger partial charge in [-0.2, -0.15) is 0 Å². The van der Waals surface area contributed by atoms with Crippen LogP contribution in [0, 0.1) is 0 Å². The fourth-order valence-electron chi connectivity index (χ4n) is 0.990. The van der Waals surface area contributed by atoms with Gasteiger partial charge in [-0.05, 0) is 17.7 Å². The van der Waals surface area contributed by atoms with Crippen molar-refractivity contribution < 1.29 is 15.0 Å². The molecule has 74 valence electrons. The van der Waals surface area contributed by atoms with Crippen molar-refractivity contribution >= 4 is 17.9 Å². The van der Waals surface area contributed by atoms with E-state index in [9.17, 15) is 4.79 Å². The van der Waals surface area contributed by atoms with E-state index >= 15 is 0 Å². The maximum absolute atomic E-state index is 10.3. The molecule has 0 aliphatic carbocycles. The molecule has 0 heterocycles. The third kappa shape index (κ3) is 3.28. The molecule has 0 radical (unpaired) electrons. The molecule has 1 aromatic carbocycles. The SMILES string of the molecule is O=C(O)Nc1ccc(C=CCO)cc1. The molecule has 1 rings (SSSR count). The Morgan fingerprint density at radius 2 is 2.00 bits per heavy atom. The summed E-state index contributed by atoms with van der Waals surface area (Å²) in [5.74, 6) is 0. The molecule has 0 saturated carbocycles. The van der Waals surface area contributed by atoms with Gasteiger partial charge in [-0.15, -0.1) is 0 Å². The molecule has 0 fully saturated rings. The molecule has 4 nitrogen and oxygen atoms in total. The first-order chi connectivity index (χ1) is 6.72. The van der Waals surface area contributed by atoms with Gasteiger partial charge in [0.05, 0.1) is 6.61 Å². The van der Waals surface area contributed by atoms with Gasteiger partial charge >= 0.3 is 6.09 Å². The van der Waals surface area contributed by atoms with Crippen LogP contribution in [0.3, 0.4) is 0 Å². The van der Waals surface area contributed by atoms with Gasteiger partial charge in [-0.3, -0.25) is 5.32 Å². The molecule has 0 bridgehead atoms. The normalized spacial score (nSPS) is 10.4. The number of hydrogen-bond acceptors (Lipinski definition) is 2. The summed E-state index contributed by atoms with van der Waals surface area (Å²) in [6.07, 6.45) is 2.29. The Balaban J connectivity index is 2.68. The lowest BCUT2D eigenvalue weighted by molar-refractivity contribution is 0.210. The lowest BCUT2D eigenvalue weighted by Gasteiger charge is -2.00. The Morgan fingerprint density at radius 1 is 1.36 bits per heavy atom. The summed E-state index contributed by atoms with van der Waals surface area (Å²) in [6.45, 7) is -0.00483. The van der Waals surface area contributed by atoms with Crippen molar-refractivity contribution in [3.8, 4) is 0 Å². The molecule has 0 aromatic heterocycles. The summed E-state index contributed by atoms with van der Waals surface area (Å²) in [5.41, 5.74) is 1.44. The zero-order valence-corrected chi connectivity index (χ0v) is 7.47. The zero-order chi connectivity index (χ0) is 10.4. The van der Waals surface area contributed by atoms with E-state index in [1.54, 1.807) is 36.4 Å². The molecule has 0 saturated heterocycles. The van der Waals surface area contributed by atoms with Crippen LogP contribution in [0.1, 0.15) is 5.56 Å². The molecule has 1 amide bonds. The van der Waals surface area contributed by atoms with Crippen LogP contribution in [0.15, 0.2) is 30.3 Å². The fourth-order valence-corrected chi connectivity index (χ4v) is 0.990. The number of nitrogens with one attached hydrogen (secondary N) is 1. The Kier molecular flexibility index (Phi) is 3.69. The van der Waals surface area contributed by atoms with E-state index in [1.165, 1.54) is 0 Å². The second-order valence-corrected chi connectivity index (χ2v) is 2.64. The standard InChI is InChI=1S/C10H11NO3/c12-7-1-2-8-3-5-9(6-4-8)11-10(13)14/h1-6,11-12H,7H2,(H,13,14). The molecule has 3 N–H and O–H groups in total. The first kappa shape index (κ1) is 10.3. The van der Waals surface area contributed by atoms with E-state index in [4.69, 9.17) is 10.2 Å². The van der Waals surface area contributed by atoms with Crippen molar-refractivity contribution in [2.75, 3.05) is 11.9 Å². The number of amides is 1. The first-order valence-electron chi connectivity index (χ1n) is 4.10. The van der Waals surface area contributed by atoms with Gasteiger partial charge in [0.1, 0.15) is 0 Å². The highest BCUT2D eigenvalue weighted by molar-refractivity contribution is 5.82. The fraction of sp³-hybridized carbons (Fsp3) is 0.100. The summed E-state index contributed by atoms with van der Waals surface area (Å²) in [6, 6.07) is 6.84. The second kappa shape index (κ2) is 5.04. The van der Waals surface area contributed by atoms with Gasteiger partial charge in [0, 0.05) is 5.69 Å². The van der Waals surface area contributed by atoms with Crippen molar-refractivity contribution in [3.05, 3.63) is 35.9 Å². The van der Waals surface area contributed by atoms with Crippen LogP contribution in [-0.2, 0) is 0 Å². The lowest BCUT2D eigenvalue weighted by Crippen LogP contribution is -2.06. The average Bonchev–Trinajstić information content (AvgIpc) is 2.16. The summed E-state index contributed by atoms with van der Waals surface area (Å²) in [7, 11) is 0. The van der Waals surface area contributed by atoms with Gasteiger partial charge in [0.2, 0.25) is 0 Å². The molecule has 0 atom stereocenters. The quantitative estimate of drug-likeness (QED) is 0.685. The van der Waals surface area contributed by atoms with Crippen molar-refractivity contribution in [1.29, 1.82) is 0 Å². The Labute approximate surface area is 81.5 Å². The molecular weight excluding hydrogens is 182 g/mol. The summed E-state index contributed by atoms with van der Waals surface area (Å²) >= 11 is 0. The minimum absolute atomic E-state index is 0.00483. The maximum Gasteiger partial charge on any atom is 0.409 e. The minimum Gasteiger partial charge on any atom is -0.465 e. The van der Waals surface area contributed by atoms with Crippen molar-refractivity contribution in [2.45, 2.75) is 0 Å². The maximum atomic E-state index is 10.3. The highest BCUT2D eigenvalue weighted by Gasteiger charge is 1.95. The van der Waals surface area contributed by atoms with Crippen molar-refractivity contribution in [1.82, 2.24) is 0 Å². The van der Waals surface area contributed by atoms with E-state index in [1.807, 2.05) is 0 Å². The molecule has 4 heteroatoms. The molecule has 1 aromatic rings. The third-order valence-electron chi connectivity index (χ3n) is 1.58. The van der Waals surface area contributed by atoms with E-state index < -0.39 is 6.09 Å². The van der Waals surface area contributed by atoms with Crippen LogP contribution < -0.4 is 5.32 Å². The average molecular weight is 193 g/mol. The second-order valence-electron chi connectivity index (χ2n) is 2.64. The number of anilines is 1. The van der Waals surface area contributed by atoms with E-state index in [0.29, 0.717) is 5.69 Å². The molecule has 0 aliphatic rings. The van der Waals surface area contributed by atoms with Crippen LogP contribution in [0.5, 0.6) is 0 Å². The highest BCUT2D eigenvalue weighted by Crippen LogP contribution is 2.10. The smallest absolute Gasteiger partial charge is 0.409 e. The van der Waals surface area contributed by atoms with Gasteiger partial charge in [-0.1, -0.05) is 24.3 Å². The minimum atomic E-state index is -1.08. The number of carbonyl (C=O) groups is 1. The summed E-state index contributed by atoms with van der Waals surface area (Å²) in [4.78, 5) is 10.3. The van der Waals surface area contributed by atoms with E-state index in [2.05, 4.69) is 5.32 Å². The first-order valence-corrected chi connectivity index (χ1v) is 4.10. The van der Waals surface area contributed by atoms with Gasteiger partial charge in [0.25, 0.3) is 0 Å². The van der Waals surface area contributed by atoms with Crippen LogP contribution in [-0.4, -0.2) is 22.9 Å². The number of aliphatic hydroxyl groups is 1. The number of aliphatic hydroxyl groups excluding tert-OH is 1. The van der Waals surface area contributed by atoms with Crippen LogP contribution in [0.25, 0.3) is 6.08 Å². The predicted molar refractivity (Wildman–Crippen MR) is 54.2 cm³/mol. The third-order valence-corrected chi connectivity index (χ3v) is 1.58. The molecule has 0 aliphatic heterocycles. The number of carboxylic acid groups (broad SMARTS) is 1. The monoisotopic (exact) mass is 193 g/mol. The Bertz CT molecular complexity index is 330. The van der Waals surface area contributed by atoms with E-state index in [-0.39, 0.29) is 6.61 Å². The highest BCUT2D eigenvalue weighted by atomic mass is 16.4. The molecular formula is C10H11NO3. The number of benzene rings is 1. The Morgan fingerprint density at radius 3 is 2.50 bits per heavy atom. The predicted octanol–water partition coefficient (Wildman–Crippen LogP) is 1.78. The molecule has 0 unspecified atom stereocenters. The van der Waals surface area contributed by atoms with Gasteiger partial charge in [-0.25, -0.2) is 4.79 Å². The van der Waals surface area contributed by atoms with Gasteiger partial charge < -0.3 is 10.2 Å². The summed E-state index contributed by atoms with van der Waals surface area (Å²) in [5, 5.41) is 19.2. The van der Waals surface area contributed by atoms with E-state index in [0.717, 1.165) is 5.56 Å². The molecule has 14 heavy (non-hydrogen) atoms. The van der Waals surface area contributed by atoms with Crippen molar-refractivity contribution in [2.24, 2.45) is 0 Å². The van der Waals surface area contributed by atoms with Crippen LogP contribution in [0.4, 0.5) is 10.5 Å². The van der Waals surface area contributed by atoms with Crippen molar-refractivity contribution in [3.63, 3.8) is 0 Å². The van der Waals surface area contributed by atoms with Crippen LogP contribution in [0.2, 0.25) is 0 Å². The topological polar surface area (TPSA) is 69.6 Å². The van der Waals surface area contributed by atoms with Gasteiger partial charge in [0.15, 0.2) is 0 Å². The lowest BCUT2D eigenvalue weighted by atomic mass is 10.2. The largest absolute Gasteiger partial charge is 0.465 e. The zero-order valence-electron chi connectivity index (χ0n) is 7.47. The Hall–Kier alpha value is -1.81. The van der Waals surface area contributed by atoms with Crippen LogP contribution >= 0.6 is 0 Å². The molecule has 0 spiro atoms. The summed E-state index contributed by atoms with van der Waals surface area (Å²) < 4.78 is 0.